The van der Waals surface area contributed by atoms with Gasteiger partial charge in [-0.25, -0.2) is 0 Å². The summed E-state index contributed by atoms with van der Waals surface area (Å²) in [5, 5.41) is 0. The highest BCUT2D eigenvalue weighted by Gasteiger charge is 2.14. The van der Waals surface area contributed by atoms with Crippen LogP contribution in [0.15, 0.2) is 18.2 Å². The first-order valence-corrected chi connectivity index (χ1v) is 8.06. The van der Waals surface area contributed by atoms with Gasteiger partial charge in [-0.15, -0.1) is 0 Å². The fourth-order valence-corrected chi connectivity index (χ4v) is 2.77. The summed E-state index contributed by atoms with van der Waals surface area (Å²) in [4.78, 5) is 11.1. The van der Waals surface area contributed by atoms with E-state index in [1.807, 2.05) is 19.9 Å². The summed E-state index contributed by atoms with van der Waals surface area (Å²) < 4.78 is 33.3. The maximum Gasteiger partial charge on any atom is 0.309 e. The molecule has 0 bridgehead atoms. The van der Waals surface area contributed by atoms with Crippen molar-refractivity contribution in [2.24, 2.45) is 0 Å². The second kappa shape index (κ2) is 7.28. The second-order valence-electron chi connectivity index (χ2n) is 4.58. The third-order valence-corrected chi connectivity index (χ3v) is 3.73. The molecule has 0 unspecified atom stereocenters. The molecule has 20 heavy (non-hydrogen) atoms. The average Bonchev–Trinajstić information content (AvgIpc) is 2.26. The quantitative estimate of drug-likeness (QED) is 0.571. The summed E-state index contributed by atoms with van der Waals surface area (Å²) in [5.74, 6) is -0.300. The molecule has 0 N–H and O–H groups in total. The van der Waals surface area contributed by atoms with Crippen LogP contribution in [-0.2, 0) is 19.6 Å². The maximum absolute atomic E-state index is 11.8. The van der Waals surface area contributed by atoms with E-state index in [0.717, 1.165) is 11.1 Å². The first-order valence-electron chi connectivity index (χ1n) is 6.48. The minimum Gasteiger partial charge on any atom is -0.466 e. The van der Waals surface area contributed by atoms with Crippen LogP contribution in [0.2, 0.25) is 0 Å². The lowest BCUT2D eigenvalue weighted by atomic mass is 10.1. The van der Waals surface area contributed by atoms with Crippen molar-refractivity contribution in [3.05, 3.63) is 29.3 Å². The van der Waals surface area contributed by atoms with Gasteiger partial charge in [-0.1, -0.05) is 6.07 Å². The third-order valence-electron chi connectivity index (χ3n) is 2.50. The molecule has 0 heterocycles. The van der Waals surface area contributed by atoms with E-state index in [1.54, 1.807) is 19.1 Å². The topological polar surface area (TPSA) is 69.7 Å². The number of hydrogen-bond acceptors (Lipinski definition) is 5. The van der Waals surface area contributed by atoms with E-state index in [-0.39, 0.29) is 18.6 Å². The van der Waals surface area contributed by atoms with E-state index in [0.29, 0.717) is 12.4 Å². The van der Waals surface area contributed by atoms with Crippen molar-refractivity contribution in [3.63, 3.8) is 0 Å². The van der Waals surface area contributed by atoms with E-state index in [1.165, 1.54) is 0 Å². The predicted molar refractivity (Wildman–Crippen MR) is 76.2 cm³/mol. The Bertz CT molecular complexity index is 543. The number of hydrogen-bond donors (Lipinski definition) is 0. The van der Waals surface area contributed by atoms with Gasteiger partial charge in [0.1, 0.15) is 5.75 Å². The molecule has 0 fully saturated rings. The van der Waals surface area contributed by atoms with Crippen LogP contribution in [-0.4, -0.2) is 26.7 Å². The molecule has 6 heteroatoms. The largest absolute Gasteiger partial charge is 0.466 e. The zero-order valence-electron chi connectivity index (χ0n) is 12.0. The van der Waals surface area contributed by atoms with Crippen LogP contribution in [0.3, 0.4) is 0 Å². The zero-order chi connectivity index (χ0) is 15.2. The van der Waals surface area contributed by atoms with E-state index >= 15 is 0 Å². The fourth-order valence-electron chi connectivity index (χ4n) is 1.80. The summed E-state index contributed by atoms with van der Waals surface area (Å²) in [6.07, 6.45) is 0.259. The van der Waals surface area contributed by atoms with Crippen LogP contribution in [0.4, 0.5) is 0 Å². The highest BCUT2D eigenvalue weighted by atomic mass is 32.2. The maximum atomic E-state index is 11.8. The monoisotopic (exact) mass is 300 g/mol. The first-order chi connectivity index (χ1) is 9.32. The van der Waals surface area contributed by atoms with Crippen molar-refractivity contribution in [3.8, 4) is 5.75 Å². The molecule has 112 valence electrons. The van der Waals surface area contributed by atoms with Gasteiger partial charge in [-0.05, 0) is 50.5 Å². The molecule has 1 aromatic carbocycles. The third kappa shape index (κ3) is 6.06. The molecule has 0 spiro atoms. The molecule has 0 saturated heterocycles. The number of rotatable bonds is 7. The molecule has 0 aliphatic carbocycles. The fraction of sp³-hybridized carbons (Fsp3) is 0.500. The van der Waals surface area contributed by atoms with Crippen molar-refractivity contribution in [2.45, 2.75) is 33.6 Å². The summed E-state index contributed by atoms with van der Waals surface area (Å²) in [6, 6.07) is 5.26. The summed E-state index contributed by atoms with van der Waals surface area (Å²) in [7, 11) is -3.69. The minimum absolute atomic E-state index is 0.0727. The second-order valence-corrected chi connectivity index (χ2v) is 6.27. The van der Waals surface area contributed by atoms with Crippen LogP contribution < -0.4 is 4.18 Å². The molecular formula is C14H20O5S. The number of benzene rings is 1. The summed E-state index contributed by atoms with van der Waals surface area (Å²) in [5.41, 5.74) is 1.86. The Hall–Kier alpha value is -1.56. The first kappa shape index (κ1) is 16.5. The number of ether oxygens (including phenoxy) is 1. The SMILES string of the molecule is CCOC(=O)CCCS(=O)(=O)Oc1cc(C)cc(C)c1. The molecule has 0 atom stereocenters. The van der Waals surface area contributed by atoms with Gasteiger partial charge in [0.2, 0.25) is 0 Å². The Morgan fingerprint density at radius 1 is 1.15 bits per heavy atom. The van der Waals surface area contributed by atoms with Crippen LogP contribution in [0.1, 0.15) is 30.9 Å². The van der Waals surface area contributed by atoms with Gasteiger partial charge in [0, 0.05) is 6.42 Å². The Kier molecular flexibility index (Phi) is 6.01. The van der Waals surface area contributed by atoms with E-state index in [2.05, 4.69) is 0 Å². The van der Waals surface area contributed by atoms with Gasteiger partial charge in [0.15, 0.2) is 0 Å². The predicted octanol–water partition coefficient (Wildman–Crippen LogP) is 2.36. The molecule has 0 aliphatic rings. The lowest BCUT2D eigenvalue weighted by Crippen LogP contribution is -2.15. The summed E-state index contributed by atoms with van der Waals surface area (Å²) >= 11 is 0. The van der Waals surface area contributed by atoms with Gasteiger partial charge < -0.3 is 8.92 Å². The number of aryl methyl sites for hydroxylation is 2. The van der Waals surface area contributed by atoms with Crippen LogP contribution in [0.25, 0.3) is 0 Å². The molecule has 0 aromatic heterocycles. The number of esters is 1. The Balaban J connectivity index is 2.55. The molecule has 5 nitrogen and oxygen atoms in total. The molecule has 1 rings (SSSR count). The van der Waals surface area contributed by atoms with Crippen molar-refractivity contribution in [1.82, 2.24) is 0 Å². The molecule has 0 saturated carbocycles. The zero-order valence-corrected chi connectivity index (χ0v) is 12.8. The molecule has 0 aliphatic heterocycles. The summed E-state index contributed by atoms with van der Waals surface area (Å²) in [6.45, 7) is 5.74. The molecule has 0 amide bonds. The minimum atomic E-state index is -3.69. The van der Waals surface area contributed by atoms with E-state index < -0.39 is 16.1 Å². The van der Waals surface area contributed by atoms with Crippen LogP contribution in [0.5, 0.6) is 5.75 Å². The van der Waals surface area contributed by atoms with E-state index in [4.69, 9.17) is 8.92 Å². The Morgan fingerprint density at radius 3 is 2.30 bits per heavy atom. The van der Waals surface area contributed by atoms with Gasteiger partial charge in [-0.3, -0.25) is 4.79 Å². The van der Waals surface area contributed by atoms with Gasteiger partial charge in [-0.2, -0.15) is 8.42 Å². The molecular weight excluding hydrogens is 280 g/mol. The van der Waals surface area contributed by atoms with Crippen LogP contribution >= 0.6 is 0 Å². The highest BCUT2D eigenvalue weighted by Crippen LogP contribution is 2.18. The van der Waals surface area contributed by atoms with Crippen molar-refractivity contribution in [1.29, 1.82) is 0 Å². The van der Waals surface area contributed by atoms with Gasteiger partial charge in [0.25, 0.3) is 0 Å². The number of carbonyl (C=O) groups excluding carboxylic acids is 1. The highest BCUT2D eigenvalue weighted by molar-refractivity contribution is 7.87. The van der Waals surface area contributed by atoms with Crippen LogP contribution in [0, 0.1) is 13.8 Å². The van der Waals surface area contributed by atoms with Gasteiger partial charge >= 0.3 is 16.1 Å². The number of carbonyl (C=O) groups is 1. The average molecular weight is 300 g/mol. The van der Waals surface area contributed by atoms with E-state index in [9.17, 15) is 13.2 Å². The molecule has 0 radical (unpaired) electrons. The van der Waals surface area contributed by atoms with Gasteiger partial charge in [0.05, 0.1) is 12.4 Å². The Morgan fingerprint density at radius 2 is 1.75 bits per heavy atom. The van der Waals surface area contributed by atoms with Crippen molar-refractivity contribution < 1.29 is 22.1 Å². The van der Waals surface area contributed by atoms with Crippen molar-refractivity contribution in [2.75, 3.05) is 12.4 Å². The Labute approximate surface area is 120 Å². The molecule has 1 aromatic rings. The normalized spacial score (nSPS) is 11.2. The smallest absolute Gasteiger partial charge is 0.309 e. The van der Waals surface area contributed by atoms with Crippen molar-refractivity contribution >= 4 is 16.1 Å². The lowest BCUT2D eigenvalue weighted by molar-refractivity contribution is -0.143. The standard InChI is InChI=1S/C14H20O5S/c1-4-18-14(15)6-5-7-20(16,17)19-13-9-11(2)8-12(3)10-13/h8-10H,4-7H2,1-3H3. The lowest BCUT2D eigenvalue weighted by Gasteiger charge is -2.08.